The molecule has 3 rings (SSSR count). The molecule has 1 aromatic carbocycles. The second-order valence-corrected chi connectivity index (χ2v) is 7.11. The van der Waals surface area contributed by atoms with E-state index in [0.29, 0.717) is 6.04 Å². The molecule has 0 bridgehead atoms. The normalized spacial score (nSPS) is 15.5. The first-order chi connectivity index (χ1) is 10.3. The molecule has 1 N–H and O–H groups in total. The van der Waals surface area contributed by atoms with Crippen LogP contribution in [-0.4, -0.2) is 32.5 Å². The van der Waals surface area contributed by atoms with Gasteiger partial charge in [0.25, 0.3) is 0 Å². The summed E-state index contributed by atoms with van der Waals surface area (Å²) >= 11 is 5.19. The van der Waals surface area contributed by atoms with Gasteiger partial charge >= 0.3 is 0 Å². The summed E-state index contributed by atoms with van der Waals surface area (Å²) in [5.74, 6) is 0.944. The molecule has 0 unspecified atom stereocenters. The zero-order valence-corrected chi connectivity index (χ0v) is 14.1. The van der Waals surface area contributed by atoms with E-state index in [1.807, 2.05) is 16.8 Å². The van der Waals surface area contributed by atoms with E-state index in [4.69, 9.17) is 0 Å². The minimum Gasteiger partial charge on any atom is -0.384 e. The van der Waals surface area contributed by atoms with Gasteiger partial charge in [-0.05, 0) is 41.5 Å². The first-order valence-electron chi connectivity index (χ1n) is 7.23. The molecule has 1 aliphatic carbocycles. The van der Waals surface area contributed by atoms with Crippen LogP contribution in [0.15, 0.2) is 33.9 Å². The Labute approximate surface area is 137 Å². The Balaban J connectivity index is 1.48. The summed E-state index contributed by atoms with van der Waals surface area (Å²) in [6.07, 6.45) is 4.99. The van der Waals surface area contributed by atoms with Gasteiger partial charge in [0.05, 0.1) is 6.04 Å². The number of halogens is 1. The average molecular weight is 368 g/mol. The molecule has 0 atom stereocenters. The van der Waals surface area contributed by atoms with Crippen LogP contribution in [0.5, 0.6) is 0 Å². The monoisotopic (exact) mass is 367 g/mol. The molecule has 0 radical (unpaired) electrons. The van der Waals surface area contributed by atoms with Crippen LogP contribution in [0.3, 0.4) is 0 Å². The number of anilines is 1. The summed E-state index contributed by atoms with van der Waals surface area (Å²) in [6.45, 7) is 0.888. The number of tetrazole rings is 1. The standard InChI is InChI=1S/C14H18BrN5S/c15-11-4-3-5-12(10-11)16-8-9-21-14-17-18-19-20(14)13-6-1-2-7-13/h3-5,10,13,16H,1-2,6-9H2. The fraction of sp³-hybridized carbons (Fsp3) is 0.500. The van der Waals surface area contributed by atoms with Crippen LogP contribution in [0.25, 0.3) is 0 Å². The van der Waals surface area contributed by atoms with Gasteiger partial charge in [0.1, 0.15) is 0 Å². The largest absolute Gasteiger partial charge is 0.384 e. The number of hydrogen-bond acceptors (Lipinski definition) is 5. The second-order valence-electron chi connectivity index (χ2n) is 5.13. The van der Waals surface area contributed by atoms with E-state index in [9.17, 15) is 0 Å². The molecule has 1 saturated carbocycles. The molecule has 7 heteroatoms. The first kappa shape index (κ1) is 14.8. The first-order valence-corrected chi connectivity index (χ1v) is 9.01. The highest BCUT2D eigenvalue weighted by molar-refractivity contribution is 9.10. The minimum atomic E-state index is 0.500. The van der Waals surface area contributed by atoms with Gasteiger partial charge in [0, 0.05) is 22.5 Å². The lowest BCUT2D eigenvalue weighted by molar-refractivity contribution is 0.423. The maximum absolute atomic E-state index is 4.15. The SMILES string of the molecule is Brc1cccc(NCCSc2nnnn2C2CCCC2)c1. The van der Waals surface area contributed by atoms with Gasteiger partial charge < -0.3 is 5.32 Å². The molecular formula is C14H18BrN5S. The predicted molar refractivity (Wildman–Crippen MR) is 88.7 cm³/mol. The van der Waals surface area contributed by atoms with Crippen LogP contribution in [-0.2, 0) is 0 Å². The summed E-state index contributed by atoms with van der Waals surface area (Å²) in [6, 6.07) is 8.70. The molecule has 1 fully saturated rings. The van der Waals surface area contributed by atoms with Gasteiger partial charge in [0.15, 0.2) is 0 Å². The Morgan fingerprint density at radius 2 is 2.19 bits per heavy atom. The van der Waals surface area contributed by atoms with Crippen LogP contribution in [0.2, 0.25) is 0 Å². The number of rotatable bonds is 6. The van der Waals surface area contributed by atoms with Crippen molar-refractivity contribution in [2.45, 2.75) is 36.9 Å². The van der Waals surface area contributed by atoms with Crippen molar-refractivity contribution in [2.75, 3.05) is 17.6 Å². The third kappa shape index (κ3) is 3.97. The number of nitrogens with zero attached hydrogens (tertiary/aromatic N) is 4. The Kier molecular flexibility index (Phi) is 5.13. The number of thioether (sulfide) groups is 1. The van der Waals surface area contributed by atoms with E-state index in [-0.39, 0.29) is 0 Å². The fourth-order valence-corrected chi connectivity index (χ4v) is 3.79. The molecule has 1 heterocycles. The topological polar surface area (TPSA) is 55.6 Å². The molecular weight excluding hydrogens is 350 g/mol. The van der Waals surface area contributed by atoms with Crippen molar-refractivity contribution < 1.29 is 0 Å². The van der Waals surface area contributed by atoms with E-state index in [1.54, 1.807) is 11.8 Å². The molecule has 0 spiro atoms. The van der Waals surface area contributed by atoms with Crippen molar-refractivity contribution in [3.8, 4) is 0 Å². The Bertz CT molecular complexity index is 582. The maximum Gasteiger partial charge on any atom is 0.209 e. The van der Waals surface area contributed by atoms with Crippen LogP contribution >= 0.6 is 27.7 Å². The summed E-state index contributed by atoms with van der Waals surface area (Å²) in [5.41, 5.74) is 1.13. The predicted octanol–water partition coefficient (Wildman–Crippen LogP) is 3.75. The van der Waals surface area contributed by atoms with Crippen LogP contribution in [0, 0.1) is 0 Å². The van der Waals surface area contributed by atoms with Crippen LogP contribution < -0.4 is 5.32 Å². The van der Waals surface area contributed by atoms with Gasteiger partial charge in [-0.1, -0.05) is 46.6 Å². The summed E-state index contributed by atoms with van der Waals surface area (Å²) in [7, 11) is 0. The molecule has 0 saturated heterocycles. The number of nitrogens with one attached hydrogen (secondary N) is 1. The Morgan fingerprint density at radius 1 is 1.33 bits per heavy atom. The van der Waals surface area contributed by atoms with Gasteiger partial charge in [-0.15, -0.1) is 5.10 Å². The fourth-order valence-electron chi connectivity index (χ4n) is 2.59. The second kappa shape index (κ2) is 7.26. The quantitative estimate of drug-likeness (QED) is 0.622. The van der Waals surface area contributed by atoms with Crippen molar-refractivity contribution in [1.82, 2.24) is 20.2 Å². The lowest BCUT2D eigenvalue weighted by atomic mass is 10.3. The van der Waals surface area contributed by atoms with Crippen molar-refractivity contribution in [2.24, 2.45) is 0 Å². The smallest absolute Gasteiger partial charge is 0.209 e. The van der Waals surface area contributed by atoms with Crippen molar-refractivity contribution in [3.63, 3.8) is 0 Å². The highest BCUT2D eigenvalue weighted by Gasteiger charge is 2.21. The average Bonchev–Trinajstić information content (AvgIpc) is 3.14. The lowest BCUT2D eigenvalue weighted by Gasteiger charge is -2.11. The molecule has 5 nitrogen and oxygen atoms in total. The van der Waals surface area contributed by atoms with Crippen LogP contribution in [0.1, 0.15) is 31.7 Å². The molecule has 21 heavy (non-hydrogen) atoms. The van der Waals surface area contributed by atoms with Crippen LogP contribution in [0.4, 0.5) is 5.69 Å². The van der Waals surface area contributed by atoms with Gasteiger partial charge in [0.2, 0.25) is 5.16 Å². The highest BCUT2D eigenvalue weighted by Crippen LogP contribution is 2.31. The van der Waals surface area contributed by atoms with Crippen molar-refractivity contribution >= 4 is 33.4 Å². The molecule has 0 aliphatic heterocycles. The van der Waals surface area contributed by atoms with Gasteiger partial charge in [-0.3, -0.25) is 0 Å². The third-order valence-electron chi connectivity index (χ3n) is 3.62. The molecule has 112 valence electrons. The maximum atomic E-state index is 4.15. The van der Waals surface area contributed by atoms with Gasteiger partial charge in [-0.25, -0.2) is 4.68 Å². The van der Waals surface area contributed by atoms with E-state index in [2.05, 4.69) is 48.9 Å². The van der Waals surface area contributed by atoms with Crippen molar-refractivity contribution in [3.05, 3.63) is 28.7 Å². The zero-order valence-electron chi connectivity index (χ0n) is 11.7. The van der Waals surface area contributed by atoms with E-state index < -0.39 is 0 Å². The van der Waals surface area contributed by atoms with E-state index >= 15 is 0 Å². The number of aromatic nitrogens is 4. The summed E-state index contributed by atoms with van der Waals surface area (Å²) < 4.78 is 3.10. The number of hydrogen-bond donors (Lipinski definition) is 1. The van der Waals surface area contributed by atoms with E-state index in [0.717, 1.165) is 27.6 Å². The molecule has 1 aliphatic rings. The minimum absolute atomic E-state index is 0.500. The Morgan fingerprint density at radius 3 is 3.00 bits per heavy atom. The van der Waals surface area contributed by atoms with E-state index in [1.165, 1.54) is 25.7 Å². The molecule has 2 aromatic rings. The lowest BCUT2D eigenvalue weighted by Crippen LogP contribution is -2.10. The molecule has 1 aromatic heterocycles. The molecule has 0 amide bonds. The Hall–Kier alpha value is -1.08. The highest BCUT2D eigenvalue weighted by atomic mass is 79.9. The third-order valence-corrected chi connectivity index (χ3v) is 5.05. The summed E-state index contributed by atoms with van der Waals surface area (Å²) in [4.78, 5) is 0. The zero-order chi connectivity index (χ0) is 14.5. The van der Waals surface area contributed by atoms with Gasteiger partial charge in [-0.2, -0.15) is 0 Å². The summed E-state index contributed by atoms with van der Waals surface area (Å²) in [5, 5.41) is 16.5. The number of benzene rings is 1. The van der Waals surface area contributed by atoms with Crippen molar-refractivity contribution in [1.29, 1.82) is 0 Å².